The van der Waals surface area contributed by atoms with E-state index in [4.69, 9.17) is 0 Å². The number of carbonyl (C=O) groups excluding carboxylic acids is 1. The molecule has 2 N–H and O–H groups in total. The highest BCUT2D eigenvalue weighted by molar-refractivity contribution is 6.12. The maximum atomic E-state index is 13.6. The van der Waals surface area contributed by atoms with Crippen molar-refractivity contribution in [2.45, 2.75) is 25.1 Å². The quantitative estimate of drug-likeness (QED) is 0.527. The molecule has 9 heteroatoms. The lowest BCUT2D eigenvalue weighted by Crippen LogP contribution is -2.30. The zero-order valence-corrected chi connectivity index (χ0v) is 16.7. The van der Waals surface area contributed by atoms with Gasteiger partial charge in [-0.2, -0.15) is 13.2 Å². The first kappa shape index (κ1) is 21.8. The number of rotatable bonds is 6. The Morgan fingerprint density at radius 3 is 2.63 bits per heavy atom. The van der Waals surface area contributed by atoms with Crippen molar-refractivity contribution in [2.75, 3.05) is 31.3 Å². The van der Waals surface area contributed by atoms with Crippen LogP contribution in [0.3, 0.4) is 0 Å². The third-order valence-corrected chi connectivity index (χ3v) is 4.61. The largest absolute Gasteiger partial charge is 0.418 e. The maximum Gasteiger partial charge on any atom is 0.418 e. The molecule has 2 atom stereocenters. The summed E-state index contributed by atoms with van der Waals surface area (Å²) < 4.78 is 54.3. The molecule has 0 saturated heterocycles. The van der Waals surface area contributed by atoms with Crippen molar-refractivity contribution >= 4 is 29.2 Å². The lowest BCUT2D eigenvalue weighted by atomic mass is 10.0. The van der Waals surface area contributed by atoms with Gasteiger partial charge >= 0.3 is 6.18 Å². The summed E-state index contributed by atoms with van der Waals surface area (Å²) >= 11 is 0. The third kappa shape index (κ3) is 4.96. The van der Waals surface area contributed by atoms with Crippen LogP contribution in [-0.4, -0.2) is 43.7 Å². The van der Waals surface area contributed by atoms with Gasteiger partial charge in [0, 0.05) is 30.2 Å². The molecule has 0 spiro atoms. The van der Waals surface area contributed by atoms with Gasteiger partial charge in [0.1, 0.15) is 11.7 Å². The lowest BCUT2D eigenvalue weighted by molar-refractivity contribution is -0.137. The van der Waals surface area contributed by atoms with Crippen molar-refractivity contribution in [2.24, 2.45) is 4.99 Å². The third-order valence-electron chi connectivity index (χ3n) is 4.61. The van der Waals surface area contributed by atoms with Gasteiger partial charge in [0.15, 0.2) is 0 Å². The maximum absolute atomic E-state index is 13.6. The van der Waals surface area contributed by atoms with Crippen LogP contribution in [0.5, 0.6) is 0 Å². The Morgan fingerprint density at radius 2 is 1.97 bits per heavy atom. The van der Waals surface area contributed by atoms with E-state index >= 15 is 0 Å². The van der Waals surface area contributed by atoms with Crippen molar-refractivity contribution in [1.82, 2.24) is 4.90 Å². The molecule has 160 valence electrons. The number of benzene rings is 2. The van der Waals surface area contributed by atoms with Crippen molar-refractivity contribution in [1.29, 1.82) is 0 Å². The Labute approximate surface area is 171 Å². The highest BCUT2D eigenvalue weighted by Gasteiger charge is 2.34. The normalized spacial score (nSPS) is 17.3. The zero-order valence-electron chi connectivity index (χ0n) is 16.7. The summed E-state index contributed by atoms with van der Waals surface area (Å²) in [6.07, 6.45) is -3.34. The minimum Gasteiger partial charge on any atom is -0.381 e. The Balaban J connectivity index is 1.87. The number of hydrogen-bond donors (Lipinski definition) is 2. The molecule has 3 rings (SSSR count). The number of nitrogens with one attached hydrogen (secondary N) is 2. The van der Waals surface area contributed by atoms with Gasteiger partial charge in [0.05, 0.1) is 11.3 Å². The molecule has 1 aliphatic rings. The summed E-state index contributed by atoms with van der Waals surface area (Å²) in [6.45, 7) is 2.35. The summed E-state index contributed by atoms with van der Waals surface area (Å²) in [5.74, 6) is -1.79. The van der Waals surface area contributed by atoms with Crippen molar-refractivity contribution < 1.29 is 22.4 Å². The fraction of sp³-hybridized carbons (Fsp3) is 0.333. The van der Waals surface area contributed by atoms with Crippen LogP contribution in [0, 0.1) is 5.82 Å². The van der Waals surface area contributed by atoms with Crippen LogP contribution in [0.25, 0.3) is 0 Å². The van der Waals surface area contributed by atoms with Crippen LogP contribution in [0.2, 0.25) is 0 Å². The van der Waals surface area contributed by atoms with Gasteiger partial charge in [-0.15, -0.1) is 0 Å². The molecule has 30 heavy (non-hydrogen) atoms. The molecule has 0 fully saturated rings. The summed E-state index contributed by atoms with van der Waals surface area (Å²) in [6, 6.07) is 7.36. The number of nitrogens with zero attached hydrogens (tertiary/aromatic N) is 2. The molecule has 2 aromatic rings. The van der Waals surface area contributed by atoms with Gasteiger partial charge in [-0.25, -0.2) is 4.39 Å². The molecule has 0 aliphatic carbocycles. The summed E-state index contributed by atoms with van der Waals surface area (Å²) in [4.78, 5) is 18.1. The van der Waals surface area contributed by atoms with Gasteiger partial charge in [-0.1, -0.05) is 0 Å². The SMILES string of the molecule is CC(CN(C)C)Nc1ccc(N=CC2C(=O)Nc3ccc(F)cc32)cc1C(F)(F)F. The molecule has 1 heterocycles. The monoisotopic (exact) mass is 422 g/mol. The first-order valence-electron chi connectivity index (χ1n) is 9.31. The van der Waals surface area contributed by atoms with E-state index in [0.717, 1.165) is 6.07 Å². The highest BCUT2D eigenvalue weighted by atomic mass is 19.4. The smallest absolute Gasteiger partial charge is 0.381 e. The number of hydrogen-bond acceptors (Lipinski definition) is 4. The topological polar surface area (TPSA) is 56.7 Å². The Kier molecular flexibility index (Phi) is 6.12. The summed E-state index contributed by atoms with van der Waals surface area (Å²) in [7, 11) is 3.67. The molecule has 0 saturated carbocycles. The van der Waals surface area contributed by atoms with Gasteiger partial charge in [0.25, 0.3) is 0 Å². The van der Waals surface area contributed by atoms with E-state index < -0.39 is 29.4 Å². The first-order chi connectivity index (χ1) is 14.0. The van der Waals surface area contributed by atoms with Gasteiger partial charge in [0.2, 0.25) is 5.91 Å². The van der Waals surface area contributed by atoms with E-state index in [2.05, 4.69) is 15.6 Å². The number of carbonyl (C=O) groups is 1. The van der Waals surface area contributed by atoms with Gasteiger partial charge in [-0.3, -0.25) is 9.79 Å². The van der Waals surface area contributed by atoms with Crippen molar-refractivity contribution in [3.05, 3.63) is 53.3 Å². The minimum absolute atomic E-state index is 0.0400. The Hall–Kier alpha value is -2.94. The van der Waals surface area contributed by atoms with Crippen molar-refractivity contribution in [3.8, 4) is 0 Å². The van der Waals surface area contributed by atoms with E-state index in [1.54, 1.807) is 6.92 Å². The van der Waals surface area contributed by atoms with Crippen LogP contribution >= 0.6 is 0 Å². The fourth-order valence-electron chi connectivity index (χ4n) is 3.40. The van der Waals surface area contributed by atoms with Crippen LogP contribution in [-0.2, 0) is 11.0 Å². The molecule has 2 aromatic carbocycles. The number of likely N-dealkylation sites (N-methyl/N-ethyl adjacent to an activating group) is 1. The Morgan fingerprint density at radius 1 is 1.23 bits per heavy atom. The molecule has 0 aromatic heterocycles. The predicted molar refractivity (Wildman–Crippen MR) is 109 cm³/mol. The second-order valence-electron chi connectivity index (χ2n) is 7.51. The Bertz CT molecular complexity index is 972. The van der Waals surface area contributed by atoms with Crippen molar-refractivity contribution in [3.63, 3.8) is 0 Å². The molecule has 0 bridgehead atoms. The van der Waals surface area contributed by atoms with Crippen LogP contribution < -0.4 is 10.6 Å². The van der Waals surface area contributed by atoms with Crippen LogP contribution in [0.1, 0.15) is 24.0 Å². The first-order valence-corrected chi connectivity index (χ1v) is 9.31. The van der Waals surface area contributed by atoms with E-state index in [0.29, 0.717) is 17.8 Å². The molecule has 2 unspecified atom stereocenters. The van der Waals surface area contributed by atoms with Gasteiger partial charge in [-0.05, 0) is 63.0 Å². The summed E-state index contributed by atoms with van der Waals surface area (Å²) in [5.41, 5.74) is 0.0246. The number of alkyl halides is 3. The second-order valence-corrected chi connectivity index (χ2v) is 7.51. The predicted octanol–water partition coefficient (Wildman–Crippen LogP) is 4.64. The number of halogens is 4. The van der Waals surface area contributed by atoms with E-state index in [1.807, 2.05) is 19.0 Å². The average molecular weight is 422 g/mol. The number of aliphatic imine (C=N–C) groups is 1. The molecular weight excluding hydrogens is 400 g/mol. The lowest BCUT2D eigenvalue weighted by Gasteiger charge is -2.22. The molecule has 1 aliphatic heterocycles. The fourth-order valence-corrected chi connectivity index (χ4v) is 3.40. The van der Waals surface area contributed by atoms with E-state index in [1.165, 1.54) is 36.5 Å². The molecule has 0 radical (unpaired) electrons. The highest BCUT2D eigenvalue weighted by Crippen LogP contribution is 2.38. The molecule has 5 nitrogen and oxygen atoms in total. The van der Waals surface area contributed by atoms with E-state index in [-0.39, 0.29) is 17.4 Å². The average Bonchev–Trinajstić information content (AvgIpc) is 2.93. The second kappa shape index (κ2) is 8.43. The van der Waals surface area contributed by atoms with E-state index in [9.17, 15) is 22.4 Å². The molecular formula is C21H22F4N4O. The van der Waals surface area contributed by atoms with Gasteiger partial charge < -0.3 is 15.5 Å². The minimum atomic E-state index is -4.58. The number of anilines is 2. The standard InChI is InChI=1S/C21H22F4N4O/c1-12(11-29(2)3)27-19-7-5-14(9-17(19)21(23,24)25)26-10-16-15-8-13(22)4-6-18(15)28-20(16)30/h4-10,12,16,27H,11H2,1-3H3,(H,28,30). The zero-order chi connectivity index (χ0) is 22.1. The summed E-state index contributed by atoms with van der Waals surface area (Å²) in [5, 5.41) is 5.48. The number of fused-ring (bicyclic) bond motifs is 1. The number of amides is 1. The van der Waals surface area contributed by atoms with Crippen LogP contribution in [0.4, 0.5) is 34.6 Å². The van der Waals surface area contributed by atoms with Crippen LogP contribution in [0.15, 0.2) is 41.4 Å². The molecule has 1 amide bonds.